The number of hydrogen-bond donors (Lipinski definition) is 0. The Hall–Kier alpha value is -1.23. The maximum Gasteiger partial charge on any atom is 0.237 e. The van der Waals surface area contributed by atoms with Gasteiger partial charge in [-0.15, -0.1) is 0 Å². The van der Waals surface area contributed by atoms with E-state index in [0.717, 1.165) is 44.9 Å². The predicted molar refractivity (Wildman–Crippen MR) is 67.7 cm³/mol. The lowest BCUT2D eigenvalue weighted by atomic mass is 9.79. The largest absolute Gasteiger partial charge is 0.370 e. The van der Waals surface area contributed by atoms with Crippen molar-refractivity contribution in [3.05, 3.63) is 11.7 Å². The number of aromatic nitrogens is 2. The van der Waals surface area contributed by atoms with E-state index in [1.54, 1.807) is 7.11 Å². The zero-order valence-electron chi connectivity index (χ0n) is 11.4. The normalized spacial score (nSPS) is 26.8. The smallest absolute Gasteiger partial charge is 0.237 e. The molecule has 0 radical (unpaired) electrons. The molecule has 0 amide bonds. The number of ketones is 1. The van der Waals surface area contributed by atoms with Crippen molar-refractivity contribution >= 4 is 5.78 Å². The van der Waals surface area contributed by atoms with Gasteiger partial charge in [-0.1, -0.05) is 18.0 Å². The summed E-state index contributed by atoms with van der Waals surface area (Å²) in [6, 6.07) is 0. The molecular formula is C14H20N2O3. The van der Waals surface area contributed by atoms with E-state index in [9.17, 15) is 4.79 Å². The van der Waals surface area contributed by atoms with E-state index < -0.39 is 0 Å². The summed E-state index contributed by atoms with van der Waals surface area (Å²) in [5.74, 6) is 1.16. The molecule has 0 N–H and O–H groups in total. The molecular weight excluding hydrogens is 244 g/mol. The van der Waals surface area contributed by atoms with E-state index in [0.29, 0.717) is 18.1 Å². The van der Waals surface area contributed by atoms with Crippen LogP contribution in [0.5, 0.6) is 0 Å². The lowest BCUT2D eigenvalue weighted by Gasteiger charge is -2.37. The minimum Gasteiger partial charge on any atom is -0.370 e. The second kappa shape index (κ2) is 5.04. The van der Waals surface area contributed by atoms with E-state index >= 15 is 0 Å². The van der Waals surface area contributed by atoms with Gasteiger partial charge < -0.3 is 9.26 Å². The Kier molecular flexibility index (Phi) is 3.39. The number of methoxy groups -OCH3 is 1. The minimum atomic E-state index is -0.366. The van der Waals surface area contributed by atoms with E-state index in [-0.39, 0.29) is 17.3 Å². The van der Waals surface area contributed by atoms with Gasteiger partial charge >= 0.3 is 0 Å². The summed E-state index contributed by atoms with van der Waals surface area (Å²) in [5.41, 5.74) is -0.366. The second-order valence-electron chi connectivity index (χ2n) is 5.63. The molecule has 2 fully saturated rings. The van der Waals surface area contributed by atoms with Crippen LogP contribution in [0.25, 0.3) is 0 Å². The average Bonchev–Trinajstić information content (AvgIpc) is 2.73. The van der Waals surface area contributed by atoms with Crippen molar-refractivity contribution in [2.24, 2.45) is 0 Å². The van der Waals surface area contributed by atoms with Crippen LogP contribution in [0.3, 0.4) is 0 Å². The topological polar surface area (TPSA) is 65.2 Å². The standard InChI is InChI=1S/C14H20N2O3/c1-18-14(8-5-9-14)13-15-12(19-16-13)10-6-3-2-4-7-11(10)17/h10H,2-9H2,1H3. The van der Waals surface area contributed by atoms with Crippen molar-refractivity contribution in [1.82, 2.24) is 10.1 Å². The molecule has 1 aromatic heterocycles. The number of carbonyl (C=O) groups excluding carboxylic acids is 1. The summed E-state index contributed by atoms with van der Waals surface area (Å²) in [4.78, 5) is 16.5. The fraction of sp³-hybridized carbons (Fsp3) is 0.786. The summed E-state index contributed by atoms with van der Waals surface area (Å²) in [5, 5.41) is 4.06. The second-order valence-corrected chi connectivity index (χ2v) is 5.63. The van der Waals surface area contributed by atoms with Gasteiger partial charge in [0.05, 0.1) is 5.92 Å². The molecule has 5 nitrogen and oxygen atoms in total. The minimum absolute atomic E-state index is 0.197. The van der Waals surface area contributed by atoms with Crippen LogP contribution in [-0.4, -0.2) is 23.0 Å². The molecule has 1 heterocycles. The van der Waals surface area contributed by atoms with Gasteiger partial charge in [-0.05, 0) is 32.1 Å². The maximum atomic E-state index is 12.1. The number of ether oxygens (including phenoxy) is 1. The number of carbonyl (C=O) groups is 1. The van der Waals surface area contributed by atoms with Gasteiger partial charge in [0.25, 0.3) is 0 Å². The van der Waals surface area contributed by atoms with E-state index in [1.165, 1.54) is 0 Å². The SMILES string of the molecule is COC1(c2noc(C3CCCCCC3=O)n2)CCC1. The van der Waals surface area contributed by atoms with E-state index in [1.807, 2.05) is 0 Å². The number of rotatable bonds is 3. The zero-order chi connectivity index (χ0) is 13.3. The third-order valence-electron chi connectivity index (χ3n) is 4.50. The van der Waals surface area contributed by atoms with Crippen molar-refractivity contribution in [2.45, 2.75) is 62.9 Å². The van der Waals surface area contributed by atoms with Crippen LogP contribution in [0.1, 0.15) is 69.0 Å². The number of hydrogen-bond acceptors (Lipinski definition) is 5. The number of nitrogens with zero attached hydrogens (tertiary/aromatic N) is 2. The molecule has 19 heavy (non-hydrogen) atoms. The van der Waals surface area contributed by atoms with Crippen molar-refractivity contribution in [2.75, 3.05) is 7.11 Å². The fourth-order valence-corrected chi connectivity index (χ4v) is 3.00. The zero-order valence-corrected chi connectivity index (χ0v) is 11.4. The Bertz CT molecular complexity index is 460. The average molecular weight is 264 g/mol. The highest BCUT2D eigenvalue weighted by Gasteiger charge is 2.44. The maximum absolute atomic E-state index is 12.1. The highest BCUT2D eigenvalue weighted by molar-refractivity contribution is 5.84. The Balaban J connectivity index is 1.82. The van der Waals surface area contributed by atoms with Crippen molar-refractivity contribution in [1.29, 1.82) is 0 Å². The van der Waals surface area contributed by atoms with Crippen molar-refractivity contribution in [3.8, 4) is 0 Å². The summed E-state index contributed by atoms with van der Waals surface area (Å²) in [6.07, 6.45) is 7.62. The highest BCUT2D eigenvalue weighted by Crippen LogP contribution is 2.43. The van der Waals surface area contributed by atoms with Gasteiger partial charge in [-0.25, -0.2) is 0 Å². The summed E-state index contributed by atoms with van der Waals surface area (Å²) < 4.78 is 10.9. The third-order valence-corrected chi connectivity index (χ3v) is 4.50. The molecule has 0 aromatic carbocycles. The van der Waals surface area contributed by atoms with Crippen LogP contribution in [0.2, 0.25) is 0 Å². The van der Waals surface area contributed by atoms with Gasteiger partial charge in [-0.3, -0.25) is 4.79 Å². The first kappa shape index (κ1) is 12.8. The van der Waals surface area contributed by atoms with Crippen LogP contribution in [0.15, 0.2) is 4.52 Å². The summed E-state index contributed by atoms with van der Waals surface area (Å²) >= 11 is 0. The van der Waals surface area contributed by atoms with Gasteiger partial charge in [0.2, 0.25) is 11.7 Å². The predicted octanol–water partition coefficient (Wildman–Crippen LogP) is 2.71. The molecule has 2 aliphatic rings. The van der Waals surface area contributed by atoms with E-state index in [4.69, 9.17) is 9.26 Å². The lowest BCUT2D eigenvalue weighted by molar-refractivity contribution is -0.120. The molecule has 0 saturated heterocycles. The van der Waals surface area contributed by atoms with Crippen LogP contribution in [0.4, 0.5) is 0 Å². The summed E-state index contributed by atoms with van der Waals surface area (Å²) in [6.45, 7) is 0. The lowest BCUT2D eigenvalue weighted by Crippen LogP contribution is -2.37. The van der Waals surface area contributed by atoms with Crippen LogP contribution in [0, 0.1) is 0 Å². The first-order valence-corrected chi connectivity index (χ1v) is 7.17. The first-order valence-electron chi connectivity index (χ1n) is 7.17. The number of Topliss-reactive ketones (excluding diaryl/α,β-unsaturated/α-hetero) is 1. The van der Waals surface area contributed by atoms with Crippen LogP contribution >= 0.6 is 0 Å². The highest BCUT2D eigenvalue weighted by atomic mass is 16.5. The first-order chi connectivity index (χ1) is 9.25. The monoisotopic (exact) mass is 264 g/mol. The van der Waals surface area contributed by atoms with Crippen LogP contribution in [-0.2, 0) is 15.1 Å². The van der Waals surface area contributed by atoms with Crippen molar-refractivity contribution < 1.29 is 14.1 Å². The molecule has 1 aromatic rings. The van der Waals surface area contributed by atoms with Crippen LogP contribution < -0.4 is 0 Å². The third kappa shape index (κ3) is 2.20. The Labute approximate surface area is 112 Å². The Morgan fingerprint density at radius 1 is 1.26 bits per heavy atom. The summed E-state index contributed by atoms with van der Waals surface area (Å²) in [7, 11) is 1.69. The Morgan fingerprint density at radius 2 is 2.11 bits per heavy atom. The molecule has 104 valence electrons. The Morgan fingerprint density at radius 3 is 2.79 bits per heavy atom. The van der Waals surface area contributed by atoms with Gasteiger partial charge in [0, 0.05) is 13.5 Å². The van der Waals surface area contributed by atoms with Gasteiger partial charge in [-0.2, -0.15) is 4.98 Å². The molecule has 2 aliphatic carbocycles. The van der Waals surface area contributed by atoms with Gasteiger partial charge in [0.1, 0.15) is 11.4 Å². The van der Waals surface area contributed by atoms with Gasteiger partial charge in [0.15, 0.2) is 0 Å². The van der Waals surface area contributed by atoms with Crippen molar-refractivity contribution in [3.63, 3.8) is 0 Å². The fourth-order valence-electron chi connectivity index (χ4n) is 3.00. The molecule has 1 unspecified atom stereocenters. The molecule has 3 rings (SSSR count). The van der Waals surface area contributed by atoms with E-state index in [2.05, 4.69) is 10.1 Å². The molecule has 0 spiro atoms. The molecule has 0 bridgehead atoms. The molecule has 5 heteroatoms. The quantitative estimate of drug-likeness (QED) is 0.785. The molecule has 1 atom stereocenters. The molecule has 2 saturated carbocycles. The molecule has 0 aliphatic heterocycles.